The molecule has 5 heteroatoms. The van der Waals surface area contributed by atoms with Gasteiger partial charge in [-0.05, 0) is 43.4 Å². The second-order valence-electron chi connectivity index (χ2n) is 5.45. The number of carbonyl (C=O) groups is 1. The lowest BCUT2D eigenvalue weighted by molar-refractivity contribution is -0.134. The maximum atomic E-state index is 11.8. The lowest BCUT2D eigenvalue weighted by Gasteiger charge is -2.35. The van der Waals surface area contributed by atoms with E-state index in [1.54, 1.807) is 24.0 Å². The summed E-state index contributed by atoms with van der Waals surface area (Å²) >= 11 is 5.85. The van der Waals surface area contributed by atoms with Crippen LogP contribution in [-0.4, -0.2) is 35.0 Å². The fraction of sp³-hybridized carbons (Fsp3) is 0.533. The number of benzene rings is 1. The van der Waals surface area contributed by atoms with Crippen molar-refractivity contribution in [1.82, 2.24) is 4.90 Å². The first-order valence-corrected chi connectivity index (χ1v) is 7.34. The maximum Gasteiger partial charge on any atom is 0.239 e. The van der Waals surface area contributed by atoms with E-state index in [0.717, 1.165) is 18.4 Å². The number of hydrogen-bond donors (Lipinski definition) is 2. The van der Waals surface area contributed by atoms with Crippen LogP contribution in [0.5, 0.6) is 0 Å². The Labute approximate surface area is 124 Å². The standard InChI is InChI=1S/C15H21ClN2O2/c1-10(17)15(20)18-8-6-12(7-9-18)14(19)11-2-4-13(16)5-3-11/h2-5,10,12,14,19H,6-9,17H2,1H3/t10-,14+/m0/s1. The van der Waals surface area contributed by atoms with Crippen molar-refractivity contribution in [2.75, 3.05) is 13.1 Å². The van der Waals surface area contributed by atoms with Gasteiger partial charge in [0.15, 0.2) is 0 Å². The first-order chi connectivity index (χ1) is 9.49. The van der Waals surface area contributed by atoms with E-state index in [9.17, 15) is 9.90 Å². The lowest BCUT2D eigenvalue weighted by atomic mass is 9.87. The number of nitrogens with zero attached hydrogens (tertiary/aromatic N) is 1. The number of nitrogens with two attached hydrogens (primary N) is 1. The Balaban J connectivity index is 1.93. The van der Waals surface area contributed by atoms with E-state index >= 15 is 0 Å². The van der Waals surface area contributed by atoms with Gasteiger partial charge in [-0.3, -0.25) is 4.79 Å². The van der Waals surface area contributed by atoms with Crippen molar-refractivity contribution >= 4 is 17.5 Å². The molecule has 0 aromatic heterocycles. The minimum atomic E-state index is -0.500. The van der Waals surface area contributed by atoms with Crippen LogP contribution in [0.2, 0.25) is 5.02 Å². The van der Waals surface area contributed by atoms with Crippen LogP contribution in [-0.2, 0) is 4.79 Å². The quantitative estimate of drug-likeness (QED) is 0.896. The number of carbonyl (C=O) groups excluding carboxylic acids is 1. The van der Waals surface area contributed by atoms with Gasteiger partial charge in [-0.25, -0.2) is 0 Å². The van der Waals surface area contributed by atoms with E-state index < -0.39 is 12.1 Å². The summed E-state index contributed by atoms with van der Waals surface area (Å²) in [4.78, 5) is 13.6. The Kier molecular flexibility index (Phi) is 5.02. The fourth-order valence-corrected chi connectivity index (χ4v) is 2.78. The van der Waals surface area contributed by atoms with Crippen LogP contribution < -0.4 is 5.73 Å². The molecule has 4 nitrogen and oxygen atoms in total. The van der Waals surface area contributed by atoms with Crippen molar-refractivity contribution in [3.63, 3.8) is 0 Å². The van der Waals surface area contributed by atoms with Crippen LogP contribution >= 0.6 is 11.6 Å². The summed E-state index contributed by atoms with van der Waals surface area (Å²) in [6.07, 6.45) is 1.09. The third-order valence-corrected chi connectivity index (χ3v) is 4.15. The van der Waals surface area contributed by atoms with E-state index in [1.807, 2.05) is 12.1 Å². The number of aliphatic hydroxyl groups is 1. The summed E-state index contributed by atoms with van der Waals surface area (Å²) in [5, 5.41) is 11.1. The zero-order valence-corrected chi connectivity index (χ0v) is 12.4. The van der Waals surface area contributed by atoms with E-state index in [2.05, 4.69) is 0 Å². The number of piperidine rings is 1. The van der Waals surface area contributed by atoms with Crippen molar-refractivity contribution in [3.05, 3.63) is 34.9 Å². The number of aliphatic hydroxyl groups excluding tert-OH is 1. The summed E-state index contributed by atoms with van der Waals surface area (Å²) < 4.78 is 0. The Morgan fingerprint density at radius 1 is 1.35 bits per heavy atom. The summed E-state index contributed by atoms with van der Waals surface area (Å²) in [6, 6.07) is 6.83. The van der Waals surface area contributed by atoms with Crippen LogP contribution in [0.25, 0.3) is 0 Å². The third kappa shape index (κ3) is 3.51. The Hall–Kier alpha value is -1.10. The van der Waals surface area contributed by atoms with Crippen LogP contribution in [0.15, 0.2) is 24.3 Å². The normalized spacial score (nSPS) is 19.7. The minimum Gasteiger partial charge on any atom is -0.388 e. The fourth-order valence-electron chi connectivity index (χ4n) is 2.66. The monoisotopic (exact) mass is 296 g/mol. The molecule has 1 aromatic carbocycles. The predicted octanol–water partition coefficient (Wildman–Crippen LogP) is 1.96. The molecule has 0 aliphatic carbocycles. The first-order valence-electron chi connectivity index (χ1n) is 6.97. The van der Waals surface area contributed by atoms with E-state index in [1.165, 1.54) is 0 Å². The van der Waals surface area contributed by atoms with E-state index in [4.69, 9.17) is 17.3 Å². The third-order valence-electron chi connectivity index (χ3n) is 3.90. The zero-order chi connectivity index (χ0) is 14.7. The number of hydrogen-bond acceptors (Lipinski definition) is 3. The molecule has 1 amide bonds. The van der Waals surface area contributed by atoms with Gasteiger partial charge in [-0.1, -0.05) is 23.7 Å². The van der Waals surface area contributed by atoms with Crippen molar-refractivity contribution in [1.29, 1.82) is 0 Å². The summed E-state index contributed by atoms with van der Waals surface area (Å²) in [5.41, 5.74) is 6.49. The average Bonchev–Trinajstić information content (AvgIpc) is 2.46. The van der Waals surface area contributed by atoms with Gasteiger partial charge in [-0.2, -0.15) is 0 Å². The highest BCUT2D eigenvalue weighted by Gasteiger charge is 2.29. The number of likely N-dealkylation sites (tertiary alicyclic amines) is 1. The second-order valence-corrected chi connectivity index (χ2v) is 5.88. The van der Waals surface area contributed by atoms with E-state index in [-0.39, 0.29) is 11.8 Å². The van der Waals surface area contributed by atoms with Gasteiger partial charge in [0.25, 0.3) is 0 Å². The van der Waals surface area contributed by atoms with Crippen molar-refractivity contribution in [3.8, 4) is 0 Å². The van der Waals surface area contributed by atoms with E-state index in [0.29, 0.717) is 18.1 Å². The van der Waals surface area contributed by atoms with Gasteiger partial charge in [0.2, 0.25) is 5.91 Å². The van der Waals surface area contributed by atoms with Gasteiger partial charge in [0.1, 0.15) is 0 Å². The van der Waals surface area contributed by atoms with Gasteiger partial charge < -0.3 is 15.7 Å². The van der Waals surface area contributed by atoms with Crippen LogP contribution in [0.3, 0.4) is 0 Å². The topological polar surface area (TPSA) is 66.6 Å². The van der Waals surface area contributed by atoms with Crippen molar-refractivity contribution in [2.45, 2.75) is 31.9 Å². The summed E-state index contributed by atoms with van der Waals surface area (Å²) in [5.74, 6) is 0.165. The molecule has 0 unspecified atom stereocenters. The molecule has 1 aliphatic rings. The molecule has 1 fully saturated rings. The van der Waals surface area contributed by atoms with Crippen molar-refractivity contribution in [2.24, 2.45) is 11.7 Å². The molecule has 1 aliphatic heterocycles. The molecular weight excluding hydrogens is 276 g/mol. The minimum absolute atomic E-state index is 0.00978. The van der Waals surface area contributed by atoms with Crippen LogP contribution in [0.4, 0.5) is 0 Å². The number of rotatable bonds is 3. The molecule has 110 valence electrons. The molecule has 20 heavy (non-hydrogen) atoms. The largest absolute Gasteiger partial charge is 0.388 e. The zero-order valence-electron chi connectivity index (χ0n) is 11.6. The molecule has 0 bridgehead atoms. The second kappa shape index (κ2) is 6.57. The molecule has 1 heterocycles. The molecule has 1 aromatic rings. The first kappa shape index (κ1) is 15.3. The Morgan fingerprint density at radius 2 is 1.90 bits per heavy atom. The smallest absolute Gasteiger partial charge is 0.239 e. The van der Waals surface area contributed by atoms with Crippen molar-refractivity contribution < 1.29 is 9.90 Å². The molecular formula is C15H21ClN2O2. The maximum absolute atomic E-state index is 11.8. The molecule has 1 saturated heterocycles. The van der Waals surface area contributed by atoms with Crippen LogP contribution in [0.1, 0.15) is 31.4 Å². The molecule has 0 radical (unpaired) electrons. The molecule has 0 spiro atoms. The molecule has 2 rings (SSSR count). The van der Waals surface area contributed by atoms with Gasteiger partial charge >= 0.3 is 0 Å². The molecule has 2 atom stereocenters. The number of amides is 1. The highest BCUT2D eigenvalue weighted by Crippen LogP contribution is 2.31. The van der Waals surface area contributed by atoms with Gasteiger partial charge in [0.05, 0.1) is 12.1 Å². The van der Waals surface area contributed by atoms with Gasteiger partial charge in [0, 0.05) is 18.1 Å². The average molecular weight is 297 g/mol. The lowest BCUT2D eigenvalue weighted by Crippen LogP contribution is -2.46. The highest BCUT2D eigenvalue weighted by molar-refractivity contribution is 6.30. The molecule has 3 N–H and O–H groups in total. The van der Waals surface area contributed by atoms with Crippen LogP contribution in [0, 0.1) is 5.92 Å². The number of halogens is 1. The molecule has 0 saturated carbocycles. The highest BCUT2D eigenvalue weighted by atomic mass is 35.5. The SMILES string of the molecule is C[C@H](N)C(=O)N1CCC([C@H](O)c2ccc(Cl)cc2)CC1. The van der Waals surface area contributed by atoms with Gasteiger partial charge in [-0.15, -0.1) is 0 Å². The summed E-state index contributed by atoms with van der Waals surface area (Å²) in [7, 11) is 0. The summed E-state index contributed by atoms with van der Waals surface area (Å²) in [6.45, 7) is 3.03. The Morgan fingerprint density at radius 3 is 2.40 bits per heavy atom. The Bertz CT molecular complexity index is 453. The predicted molar refractivity (Wildman–Crippen MR) is 79.4 cm³/mol.